The molecule has 5 atom stereocenters. The molecule has 1 aromatic carbocycles. The number of halogens is 6. The molecular weight excluding hydrogens is 604 g/mol. The van der Waals surface area contributed by atoms with Crippen LogP contribution in [-0.4, -0.2) is 82.5 Å². The molecule has 0 radical (unpaired) electrons. The predicted molar refractivity (Wildman–Crippen MR) is 152 cm³/mol. The molecule has 0 amide bonds. The van der Waals surface area contributed by atoms with E-state index in [-0.39, 0.29) is 66.4 Å². The van der Waals surface area contributed by atoms with E-state index in [0.717, 1.165) is 38.8 Å². The van der Waals surface area contributed by atoms with Crippen molar-refractivity contribution in [1.29, 1.82) is 0 Å². The molecule has 0 spiro atoms. The Kier molecular flexibility index (Phi) is 6.38. The van der Waals surface area contributed by atoms with Gasteiger partial charge in [-0.1, -0.05) is 0 Å². The van der Waals surface area contributed by atoms with E-state index >= 15 is 8.78 Å². The van der Waals surface area contributed by atoms with Crippen molar-refractivity contribution in [2.45, 2.75) is 75.0 Å². The maximum Gasteiger partial charge on any atom is 0.418 e. The quantitative estimate of drug-likeness (QED) is 0.401. The molecule has 0 saturated carbocycles. The average Bonchev–Trinajstić information content (AvgIpc) is 3.59. The predicted octanol–water partition coefficient (Wildman–Crippen LogP) is 4.54. The van der Waals surface area contributed by atoms with Crippen LogP contribution in [0.15, 0.2) is 6.07 Å². The largest absolute Gasteiger partial charge is 0.487 e. The molecule has 4 saturated heterocycles. The summed E-state index contributed by atoms with van der Waals surface area (Å²) in [6.45, 7) is 2.66. The number of pyridine rings is 1. The van der Waals surface area contributed by atoms with Crippen LogP contribution in [0.2, 0.25) is 0 Å². The second-order valence-electron chi connectivity index (χ2n) is 12.9. The molecule has 45 heavy (non-hydrogen) atoms. The van der Waals surface area contributed by atoms with Gasteiger partial charge in [-0.3, -0.25) is 4.90 Å². The smallest absolute Gasteiger partial charge is 0.418 e. The number of benzene rings is 1. The van der Waals surface area contributed by atoms with Crippen LogP contribution in [0.25, 0.3) is 22.2 Å². The van der Waals surface area contributed by atoms with Crippen molar-refractivity contribution < 1.29 is 35.8 Å². The minimum absolute atomic E-state index is 0.0270. The molecule has 4 fully saturated rings. The standard InChI is InChI=1S/C30H31F6N7O2/c1-13-7-18(37)39-24(21(13)30(34,35)36)19-22(32)25-20-26(23(19)33)44-11-17-16-4-3-15(38-16)10-43(17)27(20)41-28(40-25)45-12-29-5-2-6-42(29)9-14(31)8-29/h7,14-17,38H,2-6,8-12H2,1H3,(H2,37,39)/t14-,15?,16?,17-,29+/m1/s1. The summed E-state index contributed by atoms with van der Waals surface area (Å²) in [4.78, 5) is 16.7. The summed E-state index contributed by atoms with van der Waals surface area (Å²) in [7, 11) is 0. The van der Waals surface area contributed by atoms with Gasteiger partial charge in [0.05, 0.1) is 33.8 Å². The number of fused-ring (bicyclic) bond motifs is 6. The highest BCUT2D eigenvalue weighted by Gasteiger charge is 2.50. The molecule has 5 aliphatic heterocycles. The van der Waals surface area contributed by atoms with Gasteiger partial charge in [0, 0.05) is 31.6 Å². The van der Waals surface area contributed by atoms with Crippen molar-refractivity contribution in [3.8, 4) is 23.0 Å². The molecule has 15 heteroatoms. The number of nitrogen functional groups attached to an aromatic ring is 1. The molecule has 7 heterocycles. The maximum atomic E-state index is 16.7. The Bertz CT molecular complexity index is 1720. The topological polar surface area (TPSA) is 102 Å². The summed E-state index contributed by atoms with van der Waals surface area (Å²) in [5.74, 6) is -3.33. The van der Waals surface area contributed by atoms with Crippen LogP contribution >= 0.6 is 0 Å². The van der Waals surface area contributed by atoms with Crippen molar-refractivity contribution in [3.63, 3.8) is 0 Å². The second-order valence-corrected chi connectivity index (χ2v) is 12.9. The van der Waals surface area contributed by atoms with Gasteiger partial charge < -0.3 is 25.4 Å². The monoisotopic (exact) mass is 635 g/mol. The minimum Gasteiger partial charge on any atom is -0.487 e. The maximum absolute atomic E-state index is 16.7. The normalized spacial score (nSPS) is 29.1. The number of piperazine rings is 1. The fourth-order valence-corrected chi connectivity index (χ4v) is 8.24. The zero-order valence-electron chi connectivity index (χ0n) is 24.4. The first-order valence-electron chi connectivity index (χ1n) is 15.2. The first-order chi connectivity index (χ1) is 21.4. The Morgan fingerprint density at radius 2 is 1.98 bits per heavy atom. The summed E-state index contributed by atoms with van der Waals surface area (Å²) in [5.41, 5.74) is 1.07. The Balaban J connectivity index is 1.34. The third kappa shape index (κ3) is 4.40. The van der Waals surface area contributed by atoms with E-state index in [9.17, 15) is 17.6 Å². The van der Waals surface area contributed by atoms with Gasteiger partial charge in [-0.05, 0) is 50.8 Å². The van der Waals surface area contributed by atoms with Crippen LogP contribution in [0.5, 0.6) is 11.8 Å². The molecule has 2 aromatic heterocycles. The van der Waals surface area contributed by atoms with Gasteiger partial charge in [-0.25, -0.2) is 18.2 Å². The zero-order chi connectivity index (χ0) is 31.4. The third-order valence-electron chi connectivity index (χ3n) is 10.2. The number of hydrogen-bond donors (Lipinski definition) is 2. The van der Waals surface area contributed by atoms with Gasteiger partial charge in [0.25, 0.3) is 0 Å². The number of rotatable bonds is 4. The van der Waals surface area contributed by atoms with E-state index in [0.29, 0.717) is 19.5 Å². The Morgan fingerprint density at radius 1 is 1.16 bits per heavy atom. The van der Waals surface area contributed by atoms with E-state index in [2.05, 4.69) is 20.3 Å². The number of nitrogens with one attached hydrogen (secondary N) is 1. The van der Waals surface area contributed by atoms with Crippen LogP contribution < -0.4 is 25.4 Å². The molecule has 240 valence electrons. The summed E-state index contributed by atoms with van der Waals surface area (Å²) in [6.07, 6.45) is -2.42. The molecule has 2 unspecified atom stereocenters. The lowest BCUT2D eigenvalue weighted by Crippen LogP contribution is -2.60. The van der Waals surface area contributed by atoms with Crippen LogP contribution in [0, 0.1) is 18.6 Å². The van der Waals surface area contributed by atoms with Crippen molar-refractivity contribution in [1.82, 2.24) is 25.2 Å². The van der Waals surface area contributed by atoms with E-state index in [1.54, 1.807) is 0 Å². The van der Waals surface area contributed by atoms with E-state index in [1.807, 2.05) is 9.80 Å². The lowest BCUT2D eigenvalue weighted by molar-refractivity contribution is -0.137. The number of ether oxygens (including phenoxy) is 2. The lowest BCUT2D eigenvalue weighted by Gasteiger charge is -2.40. The first kappa shape index (κ1) is 28.9. The molecule has 5 aliphatic rings. The zero-order valence-corrected chi connectivity index (χ0v) is 24.4. The van der Waals surface area contributed by atoms with Crippen molar-refractivity contribution >= 4 is 22.5 Å². The second kappa shape index (κ2) is 9.95. The van der Waals surface area contributed by atoms with Gasteiger partial charge in [-0.2, -0.15) is 23.1 Å². The van der Waals surface area contributed by atoms with Crippen LogP contribution in [0.4, 0.5) is 38.0 Å². The van der Waals surface area contributed by atoms with E-state index in [4.69, 9.17) is 15.2 Å². The van der Waals surface area contributed by atoms with Gasteiger partial charge >= 0.3 is 12.2 Å². The summed E-state index contributed by atoms with van der Waals surface area (Å²) in [6, 6.07) is 0.523. The average molecular weight is 636 g/mol. The molecule has 3 N–H and O–H groups in total. The highest BCUT2D eigenvalue weighted by atomic mass is 19.4. The molecule has 8 rings (SSSR count). The number of aromatic nitrogens is 3. The fourth-order valence-electron chi connectivity index (χ4n) is 8.24. The summed E-state index contributed by atoms with van der Waals surface area (Å²) >= 11 is 0. The highest BCUT2D eigenvalue weighted by molar-refractivity contribution is 5.99. The number of anilines is 2. The van der Waals surface area contributed by atoms with E-state index < -0.39 is 57.6 Å². The number of nitrogens with zero attached hydrogens (tertiary/aromatic N) is 5. The third-order valence-corrected chi connectivity index (χ3v) is 10.2. The minimum atomic E-state index is -5.00. The Hall–Kier alpha value is -3.59. The van der Waals surface area contributed by atoms with Crippen LogP contribution in [0.3, 0.4) is 0 Å². The van der Waals surface area contributed by atoms with E-state index in [1.165, 1.54) is 0 Å². The van der Waals surface area contributed by atoms with Crippen molar-refractivity contribution in [3.05, 3.63) is 28.8 Å². The van der Waals surface area contributed by atoms with Crippen LogP contribution in [-0.2, 0) is 6.18 Å². The first-order valence-corrected chi connectivity index (χ1v) is 15.2. The Labute approximate surface area is 254 Å². The van der Waals surface area contributed by atoms with Gasteiger partial charge in [0.1, 0.15) is 36.5 Å². The molecule has 0 aliphatic carbocycles. The number of nitrogens with two attached hydrogens (primary N) is 1. The molecular formula is C30H31F6N7O2. The highest BCUT2D eigenvalue weighted by Crippen LogP contribution is 2.49. The Morgan fingerprint density at radius 3 is 2.78 bits per heavy atom. The molecule has 9 nitrogen and oxygen atoms in total. The number of aryl methyl sites for hydroxylation is 1. The number of hydrogen-bond acceptors (Lipinski definition) is 9. The number of alkyl halides is 4. The van der Waals surface area contributed by atoms with Gasteiger partial charge in [0.15, 0.2) is 17.4 Å². The van der Waals surface area contributed by atoms with Gasteiger partial charge in [0.2, 0.25) is 0 Å². The van der Waals surface area contributed by atoms with Crippen molar-refractivity contribution in [2.24, 2.45) is 0 Å². The fraction of sp³-hybridized carbons (Fsp3) is 0.567. The van der Waals surface area contributed by atoms with Crippen molar-refractivity contribution in [2.75, 3.05) is 43.5 Å². The summed E-state index contributed by atoms with van der Waals surface area (Å²) < 4.78 is 103. The molecule has 3 aromatic rings. The lowest BCUT2D eigenvalue weighted by atomic mass is 9.95. The molecule has 2 bridgehead atoms. The van der Waals surface area contributed by atoms with Crippen LogP contribution in [0.1, 0.15) is 43.2 Å². The summed E-state index contributed by atoms with van der Waals surface area (Å²) in [5, 5.41) is 3.43. The SMILES string of the molecule is Cc1cc(N)nc(-c2c(F)c3c4c(nc(OC[C@@]56CCCN5C[C@H](F)C6)nc4c2F)N2CC4CCC(N4)[C@H]2CO3)c1C(F)(F)F. The van der Waals surface area contributed by atoms with Gasteiger partial charge in [-0.15, -0.1) is 0 Å².